The molecule has 8 N–H and O–H groups in total. The van der Waals surface area contributed by atoms with Gasteiger partial charge in [0.1, 0.15) is 65.9 Å². The highest BCUT2D eigenvalue weighted by molar-refractivity contribution is 7.89. The Labute approximate surface area is 469 Å². The van der Waals surface area contributed by atoms with E-state index in [4.69, 9.17) is 15.6 Å². The number of carbonyl (C=O) groups is 4. The molecule has 7 rings (SSSR count). The minimum atomic E-state index is -5.06. The van der Waals surface area contributed by atoms with Crippen molar-refractivity contribution in [3.63, 3.8) is 0 Å². The lowest BCUT2D eigenvalue weighted by atomic mass is 9.93. The molecule has 0 saturated heterocycles. The van der Waals surface area contributed by atoms with E-state index in [0.717, 1.165) is 60.2 Å². The molecule has 2 aromatic heterocycles. The van der Waals surface area contributed by atoms with Gasteiger partial charge in [-0.25, -0.2) is 26.8 Å². The van der Waals surface area contributed by atoms with E-state index in [-0.39, 0.29) is 49.0 Å². The summed E-state index contributed by atoms with van der Waals surface area (Å²) in [7, 11) is -6.06. The molecule has 0 spiro atoms. The number of primary amides is 1. The molecule has 5 aromatic rings. The lowest BCUT2D eigenvalue weighted by Crippen LogP contribution is -2.56. The fraction of sp³-hybridized carbons (Fsp3) is 0.375. The number of aromatic nitrogens is 3. The van der Waals surface area contributed by atoms with E-state index in [9.17, 15) is 40.6 Å². The molecule has 0 bridgehead atoms. The van der Waals surface area contributed by atoms with Crippen molar-refractivity contribution in [2.24, 2.45) is 19.8 Å². The van der Waals surface area contributed by atoms with Crippen LogP contribution in [0.25, 0.3) is 33.4 Å². The van der Waals surface area contributed by atoms with Gasteiger partial charge < -0.3 is 35.6 Å². The topological polar surface area (TPSA) is 288 Å². The summed E-state index contributed by atoms with van der Waals surface area (Å²) in [5, 5.41) is 19.3. The third-order valence-electron chi connectivity index (χ3n) is 14.1. The number of aryl methyl sites for hydroxylation is 1. The van der Waals surface area contributed by atoms with Crippen LogP contribution in [0.5, 0.6) is 0 Å². The van der Waals surface area contributed by atoms with E-state index < -0.39 is 71.7 Å². The van der Waals surface area contributed by atoms with Gasteiger partial charge in [-0.2, -0.15) is 8.42 Å². The highest BCUT2D eigenvalue weighted by Crippen LogP contribution is 2.43. The largest absolute Gasteiger partial charge is 0.456 e. The molecule has 0 radical (unpaired) electrons. The normalized spacial score (nSPS) is 12.9. The summed E-state index contributed by atoms with van der Waals surface area (Å²) in [4.78, 5) is 55.1. The molecule has 1 aliphatic heterocycles. The van der Waals surface area contributed by atoms with Crippen molar-refractivity contribution in [1.29, 1.82) is 5.41 Å². The van der Waals surface area contributed by atoms with Crippen molar-refractivity contribution in [2.45, 2.75) is 101 Å². The second-order valence-electron chi connectivity index (χ2n) is 19.5. The Hall–Kier alpha value is -7.51. The molecule has 3 aromatic carbocycles. The van der Waals surface area contributed by atoms with Crippen LogP contribution in [0.4, 0.5) is 5.69 Å². The standard InChI is InChI=1S/C56H69N11O10S3/c1-8-66(9-2)38-20-23-43-48(28-38)77-49-29-39(67(10-3)11-4)21-24-44(49)52(43)45-25-22-42(31-50(45)80(74,75)76)79(72,73)59-26-16-15-19-46(61-51(68)30-41-34-78-56(58)64(41)7)54(70)62-47(55(71)60-36(5)53(57)69)27-40-33-65(35-63(40)6)32-37-17-13-12-14-18-37/h12-14,17-18,20-25,28-29,31,33-36,46-47,58-59H,8-11,15-16,19,26-27,30,32H2,1-7H3,(H4-2,57,60,61,62,68,69,70,71,74,75,76)/p+2/t36-,46-,47-/m0/s1. The summed E-state index contributed by atoms with van der Waals surface area (Å²) < 4.78 is 82.0. The second-order valence-corrected chi connectivity index (χ2v) is 23.5. The average molecular weight is 1150 g/mol. The molecule has 1 aliphatic carbocycles. The predicted octanol–water partition coefficient (Wildman–Crippen LogP) is 3.56. The number of hydrogen-bond acceptors (Lipinski definition) is 12. The first-order valence-electron chi connectivity index (χ1n) is 26.5. The van der Waals surface area contributed by atoms with Gasteiger partial charge >= 0.3 is 0 Å². The summed E-state index contributed by atoms with van der Waals surface area (Å²) >= 11 is 1.13. The average Bonchev–Trinajstić information content (AvgIpc) is 4.10. The first-order valence-corrected chi connectivity index (χ1v) is 30.3. The SMILES string of the molecule is CCN(CC)c1ccc2c(-c3ccc(S(=O)(=O)NCCCC[C@H](NC(=O)Cc4csc(=N)n4C)C(=O)N[C@@H](Cc4c[n+](Cc5ccccc5)cn4C)C(=O)N[C@@H](C)C(N)=O)cc3S(=O)(=O)O)c3ccc(=[N+](CC)CC)cc-3oc2c1. The van der Waals surface area contributed by atoms with Gasteiger partial charge in [0.25, 0.3) is 10.1 Å². The number of unbranched alkanes of at least 4 members (excludes halogenated alkanes) is 1. The molecule has 3 heterocycles. The molecule has 2 aliphatic rings. The molecule has 80 heavy (non-hydrogen) atoms. The van der Waals surface area contributed by atoms with Crippen molar-refractivity contribution in [3.05, 3.63) is 130 Å². The third-order valence-corrected chi connectivity index (χ3v) is 17.4. The van der Waals surface area contributed by atoms with Crippen molar-refractivity contribution in [3.8, 4) is 22.5 Å². The predicted molar refractivity (Wildman–Crippen MR) is 305 cm³/mol. The number of thiazole rings is 1. The van der Waals surface area contributed by atoms with E-state index in [0.29, 0.717) is 45.8 Å². The zero-order chi connectivity index (χ0) is 58.1. The van der Waals surface area contributed by atoms with Crippen molar-refractivity contribution < 1.29 is 49.6 Å². The molecule has 426 valence electrons. The number of benzene rings is 4. The summed E-state index contributed by atoms with van der Waals surface area (Å²) in [5.41, 5.74) is 10.0. The zero-order valence-corrected chi connectivity index (χ0v) is 48.4. The molecule has 0 unspecified atom stereocenters. The maximum atomic E-state index is 14.4. The van der Waals surface area contributed by atoms with Crippen LogP contribution in [0.3, 0.4) is 0 Å². The number of carbonyl (C=O) groups excluding carboxylic acids is 4. The lowest BCUT2D eigenvalue weighted by molar-refractivity contribution is -0.688. The molecular formula is C56H71N11O10S3+2. The zero-order valence-electron chi connectivity index (χ0n) is 46.0. The minimum absolute atomic E-state index is 0.0221. The Morgan fingerprint density at radius 1 is 0.850 bits per heavy atom. The van der Waals surface area contributed by atoms with E-state index >= 15 is 0 Å². The number of rotatable bonds is 26. The van der Waals surface area contributed by atoms with Gasteiger partial charge in [0.2, 0.25) is 45.3 Å². The van der Waals surface area contributed by atoms with Crippen LogP contribution in [-0.4, -0.2) is 105 Å². The number of nitrogens with two attached hydrogens (primary N) is 1. The highest BCUT2D eigenvalue weighted by atomic mass is 32.2. The van der Waals surface area contributed by atoms with Gasteiger partial charge in [-0.15, -0.1) is 11.3 Å². The van der Waals surface area contributed by atoms with Crippen LogP contribution in [0.15, 0.2) is 117 Å². The van der Waals surface area contributed by atoms with E-state index in [1.54, 1.807) is 24.0 Å². The second kappa shape index (κ2) is 26.2. The van der Waals surface area contributed by atoms with Gasteiger partial charge in [0, 0.05) is 84.1 Å². The van der Waals surface area contributed by atoms with E-state index in [1.807, 2.05) is 112 Å². The Kier molecular flexibility index (Phi) is 19.7. The highest BCUT2D eigenvalue weighted by Gasteiger charge is 2.32. The van der Waals surface area contributed by atoms with Gasteiger partial charge in [0.05, 0.1) is 24.4 Å². The number of anilines is 1. The van der Waals surface area contributed by atoms with Crippen LogP contribution >= 0.6 is 11.3 Å². The fourth-order valence-electron chi connectivity index (χ4n) is 9.60. The summed E-state index contributed by atoms with van der Waals surface area (Å²) in [6.07, 6.45) is 3.75. The maximum absolute atomic E-state index is 14.4. The van der Waals surface area contributed by atoms with Gasteiger partial charge in [-0.1, -0.05) is 36.4 Å². The molecular weight excluding hydrogens is 1080 g/mol. The van der Waals surface area contributed by atoms with Crippen LogP contribution < -0.4 is 50.6 Å². The fourth-order valence-corrected chi connectivity index (χ4v) is 12.3. The van der Waals surface area contributed by atoms with Crippen LogP contribution in [0.1, 0.15) is 70.8 Å². The number of fused-ring (bicyclic) bond motifs is 2. The Balaban J connectivity index is 1.13. The molecule has 0 fully saturated rings. The third kappa shape index (κ3) is 14.4. The summed E-state index contributed by atoms with van der Waals surface area (Å²) in [6, 6.07) is 20.9. The van der Waals surface area contributed by atoms with Crippen molar-refractivity contribution >= 4 is 71.8 Å². The minimum Gasteiger partial charge on any atom is -0.456 e. The number of imidazole rings is 1. The quantitative estimate of drug-likeness (QED) is 0.0178. The van der Waals surface area contributed by atoms with Crippen molar-refractivity contribution in [2.75, 3.05) is 37.6 Å². The maximum Gasteiger partial charge on any atom is 0.295 e. The molecule has 4 amide bonds. The number of nitrogens with one attached hydrogen (secondary N) is 5. The van der Waals surface area contributed by atoms with Gasteiger partial charge in [0.15, 0.2) is 4.80 Å². The first-order chi connectivity index (χ1) is 38.0. The summed E-state index contributed by atoms with van der Waals surface area (Å²) in [6.45, 7) is 12.8. The van der Waals surface area contributed by atoms with E-state index in [2.05, 4.69) is 30.1 Å². The van der Waals surface area contributed by atoms with Crippen LogP contribution in [0, 0.1) is 5.41 Å². The molecule has 24 heteroatoms. The summed E-state index contributed by atoms with van der Waals surface area (Å²) in [5.74, 6) is -2.32. The lowest BCUT2D eigenvalue weighted by Gasteiger charge is -2.24. The Morgan fingerprint density at radius 2 is 1.55 bits per heavy atom. The smallest absolute Gasteiger partial charge is 0.295 e. The van der Waals surface area contributed by atoms with Crippen LogP contribution in [-0.2, 0) is 72.8 Å². The Bertz CT molecular complexity index is 3730. The monoisotopic (exact) mass is 1150 g/mol. The van der Waals surface area contributed by atoms with Crippen molar-refractivity contribution in [1.82, 2.24) is 34.4 Å². The number of sulfonamides is 1. The van der Waals surface area contributed by atoms with Gasteiger partial charge in [-0.05, 0) is 89.8 Å². The molecule has 3 atom stereocenters. The molecule has 0 saturated carbocycles. The van der Waals surface area contributed by atoms with Gasteiger partial charge in [-0.3, -0.25) is 29.1 Å². The Morgan fingerprint density at radius 3 is 2.20 bits per heavy atom. The van der Waals surface area contributed by atoms with E-state index in [1.165, 1.54) is 23.6 Å². The first kappa shape index (κ1) is 60.1. The molecule has 21 nitrogen and oxygen atoms in total. The van der Waals surface area contributed by atoms with Crippen LogP contribution in [0.2, 0.25) is 0 Å². The number of hydrogen-bond donors (Lipinski definition) is 7. The number of nitrogens with zero attached hydrogens (tertiary/aromatic N) is 5. The number of amides is 4.